The van der Waals surface area contributed by atoms with Crippen LogP contribution in [0.25, 0.3) is 0 Å². The van der Waals surface area contributed by atoms with Gasteiger partial charge >= 0.3 is 5.97 Å². The molecule has 0 unspecified atom stereocenters. The predicted octanol–water partition coefficient (Wildman–Crippen LogP) is 3.24. The summed E-state index contributed by atoms with van der Waals surface area (Å²) >= 11 is 5.80. The number of carboxylic acids is 1. The van der Waals surface area contributed by atoms with Crippen LogP contribution >= 0.6 is 11.6 Å². The highest BCUT2D eigenvalue weighted by Gasteiger charge is 2.12. The number of amides is 1. The molecule has 2 rings (SSSR count). The number of benzene rings is 2. The molecule has 108 valence electrons. The zero-order valence-electron chi connectivity index (χ0n) is 11.4. The first-order chi connectivity index (χ1) is 9.97. The van der Waals surface area contributed by atoms with Gasteiger partial charge in [0, 0.05) is 17.8 Å². The minimum absolute atomic E-state index is 0.0830. The number of aromatic carboxylic acids is 1. The van der Waals surface area contributed by atoms with Crippen molar-refractivity contribution in [2.45, 2.75) is 6.42 Å². The molecule has 5 heteroatoms. The van der Waals surface area contributed by atoms with Gasteiger partial charge in [0.15, 0.2) is 0 Å². The summed E-state index contributed by atoms with van der Waals surface area (Å²) in [5.41, 5.74) is 1.72. The van der Waals surface area contributed by atoms with Crippen LogP contribution in [0, 0.1) is 0 Å². The monoisotopic (exact) mass is 303 g/mol. The molecule has 0 spiro atoms. The zero-order valence-corrected chi connectivity index (χ0v) is 12.2. The van der Waals surface area contributed by atoms with Crippen molar-refractivity contribution < 1.29 is 14.7 Å². The minimum atomic E-state index is -0.989. The van der Waals surface area contributed by atoms with Gasteiger partial charge in [-0.3, -0.25) is 4.79 Å². The van der Waals surface area contributed by atoms with Gasteiger partial charge in [0.05, 0.1) is 12.0 Å². The summed E-state index contributed by atoms with van der Waals surface area (Å²) < 4.78 is 0. The Kier molecular flexibility index (Phi) is 4.60. The summed E-state index contributed by atoms with van der Waals surface area (Å²) in [6.45, 7) is 0. The Bertz CT molecular complexity index is 650. The van der Waals surface area contributed by atoms with Gasteiger partial charge in [-0.25, -0.2) is 4.79 Å². The Balaban J connectivity index is 2.08. The van der Waals surface area contributed by atoms with E-state index in [-0.39, 0.29) is 17.9 Å². The lowest BCUT2D eigenvalue weighted by Gasteiger charge is -2.17. The Morgan fingerprint density at radius 2 is 1.62 bits per heavy atom. The molecular formula is C16H14ClNO3. The number of nitrogens with zero attached hydrogens (tertiary/aromatic N) is 1. The first-order valence-corrected chi connectivity index (χ1v) is 6.69. The van der Waals surface area contributed by atoms with Crippen molar-refractivity contribution in [2.75, 3.05) is 11.9 Å². The van der Waals surface area contributed by atoms with Crippen molar-refractivity contribution in [3.8, 4) is 0 Å². The molecule has 0 fully saturated rings. The highest BCUT2D eigenvalue weighted by molar-refractivity contribution is 6.30. The van der Waals surface area contributed by atoms with Gasteiger partial charge in [-0.15, -0.1) is 0 Å². The number of anilines is 1. The third-order valence-corrected chi connectivity index (χ3v) is 3.40. The summed E-state index contributed by atoms with van der Waals surface area (Å²) in [5.74, 6) is -1.07. The molecule has 0 aliphatic heterocycles. The van der Waals surface area contributed by atoms with Crippen LogP contribution in [-0.2, 0) is 11.2 Å². The molecule has 4 nitrogen and oxygen atoms in total. The lowest BCUT2D eigenvalue weighted by Crippen LogP contribution is -2.27. The van der Waals surface area contributed by atoms with Gasteiger partial charge in [0.1, 0.15) is 0 Å². The van der Waals surface area contributed by atoms with E-state index >= 15 is 0 Å². The molecule has 0 radical (unpaired) electrons. The van der Waals surface area contributed by atoms with Gasteiger partial charge in [0.25, 0.3) is 0 Å². The van der Waals surface area contributed by atoms with E-state index in [1.165, 1.54) is 17.0 Å². The standard InChI is InChI=1S/C16H14ClNO3/c1-18(14-8-4-12(5-9-14)16(20)21)15(19)10-11-2-6-13(17)7-3-11/h2-9H,10H2,1H3,(H,20,21). The molecule has 21 heavy (non-hydrogen) atoms. The summed E-state index contributed by atoms with van der Waals surface area (Å²) in [4.78, 5) is 24.5. The maximum atomic E-state index is 12.2. The topological polar surface area (TPSA) is 57.6 Å². The van der Waals surface area contributed by atoms with Crippen LogP contribution in [0.3, 0.4) is 0 Å². The second-order valence-corrected chi connectivity index (χ2v) is 5.04. The summed E-state index contributed by atoms with van der Waals surface area (Å²) in [6.07, 6.45) is 0.258. The largest absolute Gasteiger partial charge is 0.478 e. The molecule has 0 aliphatic rings. The number of likely N-dealkylation sites (N-methyl/N-ethyl adjacent to an activating group) is 1. The first-order valence-electron chi connectivity index (χ1n) is 6.32. The average molecular weight is 304 g/mol. The number of hydrogen-bond donors (Lipinski definition) is 1. The number of carbonyl (C=O) groups is 2. The summed E-state index contributed by atoms with van der Waals surface area (Å²) in [7, 11) is 1.66. The summed E-state index contributed by atoms with van der Waals surface area (Å²) in [5, 5.41) is 9.48. The SMILES string of the molecule is CN(C(=O)Cc1ccc(Cl)cc1)c1ccc(C(=O)O)cc1. The van der Waals surface area contributed by atoms with Crippen LogP contribution in [0.5, 0.6) is 0 Å². The molecule has 0 saturated heterocycles. The second kappa shape index (κ2) is 6.41. The van der Waals surface area contributed by atoms with Gasteiger partial charge in [-0.05, 0) is 42.0 Å². The Morgan fingerprint density at radius 3 is 2.14 bits per heavy atom. The highest BCUT2D eigenvalue weighted by atomic mass is 35.5. The molecule has 0 heterocycles. The van der Waals surface area contributed by atoms with Crippen LogP contribution in [0.1, 0.15) is 15.9 Å². The summed E-state index contributed by atoms with van der Waals surface area (Å²) in [6, 6.07) is 13.3. The normalized spacial score (nSPS) is 10.2. The Hall–Kier alpha value is -2.33. The number of rotatable bonds is 4. The third kappa shape index (κ3) is 3.83. The van der Waals surface area contributed by atoms with Crippen LogP contribution in [0.2, 0.25) is 5.02 Å². The molecule has 2 aromatic carbocycles. The Morgan fingerprint density at radius 1 is 1.05 bits per heavy atom. The minimum Gasteiger partial charge on any atom is -0.478 e. The van der Waals surface area contributed by atoms with E-state index in [0.717, 1.165) is 5.56 Å². The van der Waals surface area contributed by atoms with Gasteiger partial charge < -0.3 is 10.0 Å². The van der Waals surface area contributed by atoms with Crippen molar-refractivity contribution in [3.63, 3.8) is 0 Å². The van der Waals surface area contributed by atoms with E-state index in [1.807, 2.05) is 12.1 Å². The van der Waals surface area contributed by atoms with Crippen LogP contribution in [0.4, 0.5) is 5.69 Å². The van der Waals surface area contributed by atoms with Crippen LogP contribution in [0.15, 0.2) is 48.5 Å². The van der Waals surface area contributed by atoms with Gasteiger partial charge in [-0.2, -0.15) is 0 Å². The molecule has 1 N–H and O–H groups in total. The zero-order chi connectivity index (χ0) is 15.4. The molecule has 1 amide bonds. The number of carbonyl (C=O) groups excluding carboxylic acids is 1. The molecule has 0 aromatic heterocycles. The van der Waals surface area contributed by atoms with Crippen molar-refractivity contribution in [1.29, 1.82) is 0 Å². The van der Waals surface area contributed by atoms with E-state index in [9.17, 15) is 9.59 Å². The van der Waals surface area contributed by atoms with E-state index in [2.05, 4.69) is 0 Å². The number of hydrogen-bond acceptors (Lipinski definition) is 2. The molecular weight excluding hydrogens is 290 g/mol. The molecule has 0 bridgehead atoms. The van der Waals surface area contributed by atoms with E-state index < -0.39 is 5.97 Å². The highest BCUT2D eigenvalue weighted by Crippen LogP contribution is 2.16. The average Bonchev–Trinajstić information content (AvgIpc) is 2.49. The van der Waals surface area contributed by atoms with Gasteiger partial charge in [0.2, 0.25) is 5.91 Å². The fourth-order valence-electron chi connectivity index (χ4n) is 1.87. The second-order valence-electron chi connectivity index (χ2n) is 4.61. The first kappa shape index (κ1) is 15.1. The van der Waals surface area contributed by atoms with E-state index in [4.69, 9.17) is 16.7 Å². The smallest absolute Gasteiger partial charge is 0.335 e. The predicted molar refractivity (Wildman–Crippen MR) is 82.0 cm³/mol. The van der Waals surface area contributed by atoms with Crippen molar-refractivity contribution in [1.82, 2.24) is 0 Å². The number of halogens is 1. The lowest BCUT2D eigenvalue weighted by molar-refractivity contribution is -0.117. The third-order valence-electron chi connectivity index (χ3n) is 3.14. The number of carboxylic acid groups (broad SMARTS) is 1. The van der Waals surface area contributed by atoms with E-state index in [1.54, 1.807) is 31.3 Å². The van der Waals surface area contributed by atoms with Crippen LogP contribution in [-0.4, -0.2) is 24.0 Å². The Labute approximate surface area is 127 Å². The maximum absolute atomic E-state index is 12.2. The molecule has 0 atom stereocenters. The molecule has 0 saturated carbocycles. The van der Waals surface area contributed by atoms with Crippen molar-refractivity contribution in [3.05, 3.63) is 64.7 Å². The maximum Gasteiger partial charge on any atom is 0.335 e. The van der Waals surface area contributed by atoms with E-state index in [0.29, 0.717) is 10.7 Å². The van der Waals surface area contributed by atoms with Gasteiger partial charge in [-0.1, -0.05) is 23.7 Å². The quantitative estimate of drug-likeness (QED) is 0.943. The van der Waals surface area contributed by atoms with Crippen molar-refractivity contribution >= 4 is 29.2 Å². The fourth-order valence-corrected chi connectivity index (χ4v) is 1.99. The lowest BCUT2D eigenvalue weighted by atomic mass is 10.1. The molecule has 2 aromatic rings. The van der Waals surface area contributed by atoms with Crippen molar-refractivity contribution in [2.24, 2.45) is 0 Å². The molecule has 0 aliphatic carbocycles. The fraction of sp³-hybridized carbons (Fsp3) is 0.125. The van der Waals surface area contributed by atoms with Crippen LogP contribution < -0.4 is 4.90 Å².